The molecule has 10 heteroatoms. The monoisotopic (exact) mass is 496 g/mol. The van der Waals surface area contributed by atoms with Gasteiger partial charge in [0.15, 0.2) is 5.13 Å². The van der Waals surface area contributed by atoms with Crippen molar-refractivity contribution in [3.63, 3.8) is 0 Å². The van der Waals surface area contributed by atoms with Gasteiger partial charge < -0.3 is 14.6 Å². The van der Waals surface area contributed by atoms with Crippen LogP contribution in [0.2, 0.25) is 0 Å². The number of aryl methyl sites for hydroxylation is 1. The molecule has 8 nitrogen and oxygen atoms in total. The van der Waals surface area contributed by atoms with Crippen LogP contribution in [0.1, 0.15) is 39.5 Å². The van der Waals surface area contributed by atoms with E-state index in [1.165, 1.54) is 37.4 Å². The zero-order chi connectivity index (χ0) is 25.3. The van der Waals surface area contributed by atoms with E-state index in [9.17, 15) is 23.9 Å². The molecule has 35 heavy (non-hydrogen) atoms. The van der Waals surface area contributed by atoms with Gasteiger partial charge in [-0.3, -0.25) is 14.5 Å². The lowest BCUT2D eigenvalue weighted by molar-refractivity contribution is -0.132. The van der Waals surface area contributed by atoms with Crippen LogP contribution >= 0.6 is 11.3 Å². The predicted octanol–water partition coefficient (Wildman–Crippen LogP) is 4.40. The van der Waals surface area contributed by atoms with E-state index in [0.29, 0.717) is 17.0 Å². The number of methoxy groups -OCH3 is 1. The van der Waals surface area contributed by atoms with Crippen molar-refractivity contribution in [2.24, 2.45) is 0 Å². The summed E-state index contributed by atoms with van der Waals surface area (Å²) in [4.78, 5) is 44.4. The Morgan fingerprint density at radius 3 is 2.57 bits per heavy atom. The highest BCUT2D eigenvalue weighted by molar-refractivity contribution is 7.17. The number of benzene rings is 2. The molecule has 0 aliphatic carbocycles. The minimum absolute atomic E-state index is 0.0756. The molecule has 0 spiro atoms. The molecule has 2 aromatic carbocycles. The Bertz CT molecular complexity index is 1350. The highest BCUT2D eigenvalue weighted by atomic mass is 32.1. The fourth-order valence-electron chi connectivity index (χ4n) is 3.79. The maximum absolute atomic E-state index is 13.7. The summed E-state index contributed by atoms with van der Waals surface area (Å²) in [6.07, 6.45) is 0. The molecule has 0 radical (unpaired) electrons. The zero-order valence-electron chi connectivity index (χ0n) is 19.1. The van der Waals surface area contributed by atoms with Gasteiger partial charge in [-0.25, -0.2) is 14.2 Å². The smallest absolute Gasteiger partial charge is 0.350 e. The molecule has 1 aromatic heterocycles. The first-order valence-corrected chi connectivity index (χ1v) is 11.4. The number of rotatable bonds is 6. The van der Waals surface area contributed by atoms with Crippen LogP contribution in [-0.2, 0) is 14.3 Å². The average molecular weight is 497 g/mol. The van der Waals surface area contributed by atoms with Crippen LogP contribution in [0.15, 0.2) is 54.1 Å². The van der Waals surface area contributed by atoms with Gasteiger partial charge in [-0.2, -0.15) is 0 Å². The number of nitrogens with zero attached hydrogens (tertiary/aromatic N) is 2. The van der Waals surface area contributed by atoms with Gasteiger partial charge >= 0.3 is 11.9 Å². The minimum atomic E-state index is -1.11. The van der Waals surface area contributed by atoms with Crippen LogP contribution in [0, 0.1) is 12.7 Å². The number of carbonyl (C=O) groups is 3. The number of aliphatic hydroxyl groups excluding tert-OH is 1. The first kappa shape index (κ1) is 24.1. The first-order chi connectivity index (χ1) is 16.8. The number of carbonyl (C=O) groups excluding carboxylic acids is 3. The Morgan fingerprint density at radius 1 is 1.20 bits per heavy atom. The molecule has 1 aliphatic rings. The third kappa shape index (κ3) is 4.40. The highest BCUT2D eigenvalue weighted by Gasteiger charge is 2.48. The average Bonchev–Trinajstić information content (AvgIpc) is 3.36. The van der Waals surface area contributed by atoms with Crippen molar-refractivity contribution in [2.75, 3.05) is 18.6 Å². The lowest BCUT2D eigenvalue weighted by Crippen LogP contribution is -2.29. The largest absolute Gasteiger partial charge is 0.507 e. The zero-order valence-corrected chi connectivity index (χ0v) is 19.9. The second-order valence-electron chi connectivity index (χ2n) is 7.58. The first-order valence-electron chi connectivity index (χ1n) is 10.6. The highest BCUT2D eigenvalue weighted by Crippen LogP contribution is 2.44. The van der Waals surface area contributed by atoms with Crippen LogP contribution in [0.3, 0.4) is 0 Å². The summed E-state index contributed by atoms with van der Waals surface area (Å²) in [7, 11) is 1.46. The summed E-state index contributed by atoms with van der Waals surface area (Å²) < 4.78 is 23.9. The molecule has 0 saturated carbocycles. The normalized spacial score (nSPS) is 17.0. The van der Waals surface area contributed by atoms with E-state index >= 15 is 0 Å². The van der Waals surface area contributed by atoms with E-state index in [1.807, 2.05) is 0 Å². The molecule has 1 amide bonds. The fraction of sp³-hybridized carbons (Fsp3) is 0.200. The number of Topliss-reactive ketones (excluding diaryl/α,β-unsaturated/α-hetero) is 1. The van der Waals surface area contributed by atoms with Gasteiger partial charge in [0, 0.05) is 5.56 Å². The van der Waals surface area contributed by atoms with Gasteiger partial charge in [-0.1, -0.05) is 35.6 Å². The number of halogens is 1. The van der Waals surface area contributed by atoms with Crippen molar-refractivity contribution < 1.29 is 33.4 Å². The summed E-state index contributed by atoms with van der Waals surface area (Å²) in [5.74, 6) is -2.96. The van der Waals surface area contributed by atoms with E-state index < -0.39 is 35.3 Å². The third-order valence-corrected chi connectivity index (χ3v) is 6.56. The number of amides is 1. The lowest BCUT2D eigenvalue weighted by Gasteiger charge is -2.23. The molecular formula is C25H21FN2O6S. The van der Waals surface area contributed by atoms with E-state index in [1.54, 1.807) is 32.0 Å². The quantitative estimate of drug-likeness (QED) is 0.233. The van der Waals surface area contributed by atoms with Gasteiger partial charge in [-0.05, 0) is 43.7 Å². The van der Waals surface area contributed by atoms with Crippen LogP contribution in [0.5, 0.6) is 5.75 Å². The Hall–Kier alpha value is -4.05. The summed E-state index contributed by atoms with van der Waals surface area (Å²) in [5, 5.41) is 11.2. The van der Waals surface area contributed by atoms with Crippen LogP contribution < -0.4 is 9.64 Å². The molecule has 1 fully saturated rings. The molecule has 1 aliphatic heterocycles. The maximum Gasteiger partial charge on any atom is 0.350 e. The number of anilines is 1. The second kappa shape index (κ2) is 9.67. The van der Waals surface area contributed by atoms with Crippen LogP contribution in [0.25, 0.3) is 5.76 Å². The fourth-order valence-corrected chi connectivity index (χ4v) is 4.77. The van der Waals surface area contributed by atoms with Gasteiger partial charge in [0.05, 0.1) is 31.0 Å². The van der Waals surface area contributed by atoms with Gasteiger partial charge in [0.2, 0.25) is 0 Å². The van der Waals surface area contributed by atoms with Crippen molar-refractivity contribution in [3.8, 4) is 5.75 Å². The van der Waals surface area contributed by atoms with Gasteiger partial charge in [0.1, 0.15) is 22.2 Å². The molecule has 1 atom stereocenters. The van der Waals surface area contributed by atoms with Crippen molar-refractivity contribution in [3.05, 3.63) is 81.6 Å². The summed E-state index contributed by atoms with van der Waals surface area (Å²) in [6.45, 7) is 3.42. The lowest BCUT2D eigenvalue weighted by atomic mass is 9.95. The number of esters is 1. The minimum Gasteiger partial charge on any atom is -0.507 e. The van der Waals surface area contributed by atoms with E-state index in [-0.39, 0.29) is 27.8 Å². The topological polar surface area (TPSA) is 106 Å². The Kier molecular flexibility index (Phi) is 6.65. The van der Waals surface area contributed by atoms with E-state index in [2.05, 4.69) is 4.98 Å². The summed E-state index contributed by atoms with van der Waals surface area (Å²) >= 11 is 0.897. The molecule has 2 heterocycles. The van der Waals surface area contributed by atoms with Crippen molar-refractivity contribution in [1.82, 2.24) is 4.98 Å². The Labute approximate surface area is 204 Å². The molecule has 1 saturated heterocycles. The van der Waals surface area contributed by atoms with Crippen molar-refractivity contribution in [1.29, 1.82) is 0 Å². The third-order valence-electron chi connectivity index (χ3n) is 5.43. The summed E-state index contributed by atoms with van der Waals surface area (Å²) in [5.41, 5.74) is 0.772. The standard InChI is InChI=1S/C25H21FN2O6S/c1-4-34-24(32)22-13(2)27-25(35-22)28-19(14-8-10-16(26)11-9-14)18(21(30)23(28)31)20(29)15-6-5-7-17(12-15)33-3/h5-12,19,29H,4H2,1-3H3. The number of ether oxygens (including phenoxy) is 2. The van der Waals surface area contributed by atoms with Gasteiger partial charge in [-0.15, -0.1) is 0 Å². The van der Waals surface area contributed by atoms with Crippen LogP contribution in [-0.4, -0.2) is 41.5 Å². The predicted molar refractivity (Wildman–Crippen MR) is 127 cm³/mol. The number of aromatic nitrogens is 1. The Morgan fingerprint density at radius 2 is 1.91 bits per heavy atom. The van der Waals surface area contributed by atoms with Crippen LogP contribution in [0.4, 0.5) is 9.52 Å². The second-order valence-corrected chi connectivity index (χ2v) is 8.56. The number of hydrogen-bond acceptors (Lipinski definition) is 8. The number of ketones is 1. The molecule has 1 N–H and O–H groups in total. The SMILES string of the molecule is CCOC(=O)c1sc(N2C(=O)C(=O)C(=C(O)c3cccc(OC)c3)C2c2ccc(F)cc2)nc1C. The number of hydrogen-bond donors (Lipinski definition) is 1. The molecule has 180 valence electrons. The molecule has 0 bridgehead atoms. The van der Waals surface area contributed by atoms with Crippen molar-refractivity contribution >= 4 is 39.9 Å². The van der Waals surface area contributed by atoms with Crippen molar-refractivity contribution in [2.45, 2.75) is 19.9 Å². The van der Waals surface area contributed by atoms with Gasteiger partial charge in [0.25, 0.3) is 5.78 Å². The number of aliphatic hydroxyl groups is 1. The maximum atomic E-state index is 13.7. The van der Waals surface area contributed by atoms with E-state index in [4.69, 9.17) is 9.47 Å². The van der Waals surface area contributed by atoms with E-state index in [0.717, 1.165) is 16.2 Å². The number of thiazole rings is 1. The molecule has 3 aromatic rings. The Balaban J connectivity index is 1.91. The summed E-state index contributed by atoms with van der Waals surface area (Å²) in [6, 6.07) is 10.5. The molecule has 4 rings (SSSR count). The molecular weight excluding hydrogens is 475 g/mol. The molecule has 1 unspecified atom stereocenters.